The highest BCUT2D eigenvalue weighted by Gasteiger charge is 2.21. The van der Waals surface area contributed by atoms with Crippen LogP contribution >= 0.6 is 27.5 Å². The van der Waals surface area contributed by atoms with Gasteiger partial charge in [0.1, 0.15) is 10.3 Å². The zero-order valence-electron chi connectivity index (χ0n) is 18.3. The summed E-state index contributed by atoms with van der Waals surface area (Å²) in [6.45, 7) is 0.656. The number of likely N-dealkylation sites (N-methyl/N-ethyl adjacent to an activating group) is 1. The van der Waals surface area contributed by atoms with Gasteiger partial charge in [0.05, 0.1) is 10.6 Å². The van der Waals surface area contributed by atoms with Crippen molar-refractivity contribution in [3.63, 3.8) is 0 Å². The Labute approximate surface area is 205 Å². The number of benzene rings is 2. The van der Waals surface area contributed by atoms with E-state index in [1.165, 1.54) is 5.56 Å². The minimum Gasteiger partial charge on any atom is -0.388 e. The van der Waals surface area contributed by atoms with Crippen LogP contribution in [-0.2, 0) is 6.42 Å². The molecule has 8 nitrogen and oxygen atoms in total. The van der Waals surface area contributed by atoms with Gasteiger partial charge in [-0.2, -0.15) is 0 Å². The molecule has 0 spiro atoms. The summed E-state index contributed by atoms with van der Waals surface area (Å²) in [5, 5.41) is 12.5. The third kappa shape index (κ3) is 7.31. The Balaban J connectivity index is 1.60. The van der Waals surface area contributed by atoms with Crippen LogP contribution in [0.3, 0.4) is 0 Å². The lowest BCUT2D eigenvalue weighted by Gasteiger charge is -2.22. The molecule has 3 aromatic rings. The van der Waals surface area contributed by atoms with Crippen LogP contribution in [0.4, 0.5) is 10.6 Å². The second kappa shape index (κ2) is 11.8. The van der Waals surface area contributed by atoms with E-state index in [1.807, 2.05) is 37.2 Å². The van der Waals surface area contributed by atoms with Gasteiger partial charge in [-0.05, 0) is 60.6 Å². The van der Waals surface area contributed by atoms with E-state index in [0.29, 0.717) is 21.6 Å². The summed E-state index contributed by atoms with van der Waals surface area (Å²) in [6, 6.07) is 16.6. The van der Waals surface area contributed by atoms with Crippen molar-refractivity contribution in [1.82, 2.24) is 20.4 Å². The fraction of sp³-hybridized carbons (Fsp3) is 0.261. The third-order valence-electron chi connectivity index (χ3n) is 4.75. The van der Waals surface area contributed by atoms with Crippen molar-refractivity contribution in [1.29, 1.82) is 0 Å². The van der Waals surface area contributed by atoms with Crippen LogP contribution in [0.2, 0.25) is 5.02 Å². The number of aromatic amines is 1. The van der Waals surface area contributed by atoms with E-state index in [-0.39, 0.29) is 17.7 Å². The summed E-state index contributed by atoms with van der Waals surface area (Å²) < 4.78 is 5.68. The third-order valence-corrected chi connectivity index (χ3v) is 5.82. The largest absolute Gasteiger partial charge is 0.414 e. The molecule has 3 rings (SSSR count). The molecule has 0 aliphatic carbocycles. The van der Waals surface area contributed by atoms with Crippen LogP contribution in [0.15, 0.2) is 59.1 Å². The molecule has 3 N–H and O–H groups in total. The molecule has 2 amide bonds. The first kappa shape index (κ1) is 24.8. The maximum Gasteiger partial charge on any atom is 0.414 e. The maximum atomic E-state index is 12.5. The van der Waals surface area contributed by atoms with Crippen molar-refractivity contribution in [3.8, 4) is 5.88 Å². The Morgan fingerprint density at radius 3 is 2.55 bits per heavy atom. The highest BCUT2D eigenvalue weighted by Crippen LogP contribution is 2.30. The molecule has 1 aromatic heterocycles. The van der Waals surface area contributed by atoms with E-state index >= 15 is 0 Å². The number of nitrogens with one attached hydrogen (secondary N) is 3. The number of hydrogen-bond acceptors (Lipinski definition) is 5. The minimum atomic E-state index is -0.633. The number of carbonyl (C=O) groups excluding carboxylic acids is 2. The van der Waals surface area contributed by atoms with Gasteiger partial charge in [0.2, 0.25) is 0 Å². The normalized spacial score (nSPS) is 11.8. The molecule has 174 valence electrons. The van der Waals surface area contributed by atoms with Crippen LogP contribution in [-0.4, -0.2) is 53.8 Å². The second-order valence-electron chi connectivity index (χ2n) is 7.67. The molecule has 0 aliphatic heterocycles. The number of aromatic nitrogens is 2. The zero-order valence-corrected chi connectivity index (χ0v) is 20.6. The summed E-state index contributed by atoms with van der Waals surface area (Å²) in [7, 11) is 3.89. The number of ether oxygens (including phenoxy) is 1. The van der Waals surface area contributed by atoms with Gasteiger partial charge in [-0.3, -0.25) is 9.89 Å². The molecule has 0 bridgehead atoms. The number of carbonyl (C=O) groups is 2. The Bertz CT molecular complexity index is 1090. The Hall–Kier alpha value is -2.88. The molecule has 1 atom stereocenters. The van der Waals surface area contributed by atoms with Gasteiger partial charge in [0, 0.05) is 12.6 Å². The molecular formula is C23H25BrClN5O3. The number of nitrogens with zero attached hydrogens (tertiary/aromatic N) is 2. The van der Waals surface area contributed by atoms with Crippen LogP contribution < -0.4 is 15.4 Å². The van der Waals surface area contributed by atoms with E-state index in [0.717, 1.165) is 12.8 Å². The predicted octanol–water partition coefficient (Wildman–Crippen LogP) is 4.73. The molecule has 0 saturated heterocycles. The number of halogens is 2. The highest BCUT2D eigenvalue weighted by atomic mass is 79.9. The van der Waals surface area contributed by atoms with E-state index in [1.54, 1.807) is 24.3 Å². The second-order valence-corrected chi connectivity index (χ2v) is 8.87. The standard InChI is InChI=1S/C23H25BrClN5O3/c1-30(2)14-16(13-12-15-8-4-3-5-9-15)26-23(32)33-22-19(24)20(28-29-22)27-21(31)17-10-6-7-11-18(17)25/h3-11,16H,12-14H2,1-2H3,(H,26,32)(H2,27,28,29,31)/t16-/m1/s1. The highest BCUT2D eigenvalue weighted by molar-refractivity contribution is 9.10. The Kier molecular flexibility index (Phi) is 8.87. The number of hydrogen-bond donors (Lipinski definition) is 3. The molecule has 0 saturated carbocycles. The molecule has 10 heteroatoms. The van der Waals surface area contributed by atoms with Gasteiger partial charge in [0.15, 0.2) is 0 Å². The van der Waals surface area contributed by atoms with Gasteiger partial charge in [-0.25, -0.2) is 4.79 Å². The van der Waals surface area contributed by atoms with Crippen LogP contribution in [0, 0.1) is 0 Å². The molecule has 33 heavy (non-hydrogen) atoms. The minimum absolute atomic E-state index is 0.00798. The number of amides is 2. The summed E-state index contributed by atoms with van der Waals surface area (Å²) in [5.41, 5.74) is 1.51. The molecule has 1 heterocycles. The van der Waals surface area contributed by atoms with Crippen molar-refractivity contribution in [2.45, 2.75) is 18.9 Å². The predicted molar refractivity (Wildman–Crippen MR) is 132 cm³/mol. The number of aryl methyl sites for hydroxylation is 1. The molecule has 2 aromatic carbocycles. The topological polar surface area (TPSA) is 99.3 Å². The van der Waals surface area contributed by atoms with Gasteiger partial charge >= 0.3 is 6.09 Å². The van der Waals surface area contributed by atoms with E-state index in [9.17, 15) is 9.59 Å². The molecule has 0 unspecified atom stereocenters. The lowest BCUT2D eigenvalue weighted by atomic mass is 10.1. The van der Waals surface area contributed by atoms with Crippen molar-refractivity contribution >= 4 is 45.3 Å². The first-order valence-electron chi connectivity index (χ1n) is 10.3. The van der Waals surface area contributed by atoms with Gasteiger partial charge in [-0.15, -0.1) is 5.10 Å². The van der Waals surface area contributed by atoms with Crippen molar-refractivity contribution in [2.24, 2.45) is 0 Å². The quantitative estimate of drug-likeness (QED) is 0.369. The monoisotopic (exact) mass is 533 g/mol. The molecule has 0 radical (unpaired) electrons. The van der Waals surface area contributed by atoms with E-state index in [2.05, 4.69) is 48.9 Å². The lowest BCUT2D eigenvalue weighted by Crippen LogP contribution is -2.43. The zero-order chi connectivity index (χ0) is 23.8. The maximum absolute atomic E-state index is 12.5. The Morgan fingerprint density at radius 2 is 1.85 bits per heavy atom. The first-order chi connectivity index (χ1) is 15.8. The van der Waals surface area contributed by atoms with Crippen molar-refractivity contribution in [2.75, 3.05) is 26.0 Å². The van der Waals surface area contributed by atoms with Crippen LogP contribution in [0.25, 0.3) is 0 Å². The summed E-state index contributed by atoms with van der Waals surface area (Å²) in [5.74, 6) is -0.168. The van der Waals surface area contributed by atoms with E-state index < -0.39 is 12.0 Å². The number of rotatable bonds is 9. The smallest absolute Gasteiger partial charge is 0.388 e. The summed E-state index contributed by atoms with van der Waals surface area (Å²) in [4.78, 5) is 27.0. The van der Waals surface area contributed by atoms with Crippen LogP contribution in [0.1, 0.15) is 22.3 Å². The number of H-pyrrole nitrogens is 1. The number of anilines is 1. The summed E-state index contributed by atoms with van der Waals surface area (Å²) in [6.07, 6.45) is 0.938. The molecular weight excluding hydrogens is 510 g/mol. The molecule has 0 fully saturated rings. The van der Waals surface area contributed by atoms with Gasteiger partial charge < -0.3 is 20.3 Å². The fourth-order valence-corrected chi connectivity index (χ4v) is 3.79. The Morgan fingerprint density at radius 1 is 1.15 bits per heavy atom. The fourth-order valence-electron chi connectivity index (χ4n) is 3.21. The summed E-state index contributed by atoms with van der Waals surface area (Å²) >= 11 is 9.38. The lowest BCUT2D eigenvalue weighted by molar-refractivity contribution is 0.102. The van der Waals surface area contributed by atoms with Crippen molar-refractivity contribution in [3.05, 3.63) is 75.2 Å². The van der Waals surface area contributed by atoms with Gasteiger partial charge in [0.25, 0.3) is 11.8 Å². The van der Waals surface area contributed by atoms with E-state index in [4.69, 9.17) is 16.3 Å². The van der Waals surface area contributed by atoms with Gasteiger partial charge in [-0.1, -0.05) is 54.1 Å². The van der Waals surface area contributed by atoms with Crippen LogP contribution in [0.5, 0.6) is 5.88 Å². The molecule has 0 aliphatic rings. The SMILES string of the molecule is CN(C)C[C@@H](CCc1ccccc1)NC(=O)Oc1n[nH]c(NC(=O)c2ccccc2Cl)c1Br. The average molecular weight is 535 g/mol. The van der Waals surface area contributed by atoms with Crippen molar-refractivity contribution < 1.29 is 14.3 Å². The first-order valence-corrected chi connectivity index (χ1v) is 11.5. The average Bonchev–Trinajstić information content (AvgIpc) is 3.11.